The zero-order valence-corrected chi connectivity index (χ0v) is 14.9. The Labute approximate surface area is 150 Å². The molecule has 0 N–H and O–H groups in total. The smallest absolute Gasteiger partial charge is 0.293 e. The molecule has 0 spiro atoms. The molecule has 0 bridgehead atoms. The van der Waals surface area contributed by atoms with Crippen LogP contribution in [0.4, 0.5) is 0 Å². The second kappa shape index (κ2) is 8.13. The van der Waals surface area contributed by atoms with Crippen molar-refractivity contribution in [3.8, 4) is 5.75 Å². The van der Waals surface area contributed by atoms with Gasteiger partial charge in [0.2, 0.25) is 11.8 Å². The third-order valence-electron chi connectivity index (χ3n) is 4.23. The average Bonchev–Trinajstić information content (AvgIpc) is 3.11. The second-order valence-corrected chi connectivity index (χ2v) is 6.00. The lowest BCUT2D eigenvalue weighted by Crippen LogP contribution is -2.48. The maximum Gasteiger partial charge on any atom is 0.293 e. The van der Waals surface area contributed by atoms with Gasteiger partial charge in [-0.15, -0.1) is 0 Å². The van der Waals surface area contributed by atoms with E-state index in [0.717, 1.165) is 0 Å². The summed E-state index contributed by atoms with van der Waals surface area (Å²) >= 11 is 0. The minimum absolute atomic E-state index is 0.0368. The van der Waals surface area contributed by atoms with Crippen LogP contribution in [0.1, 0.15) is 18.6 Å². The minimum Gasteiger partial charge on any atom is -0.491 e. The van der Waals surface area contributed by atoms with Gasteiger partial charge in [-0.2, -0.15) is 4.98 Å². The molecular weight excluding hydrogens is 340 g/mol. The number of ether oxygens (including phenoxy) is 2. The quantitative estimate of drug-likeness (QED) is 0.727. The number of hydrogen-bond acceptors (Lipinski definition) is 7. The Morgan fingerprint density at radius 2 is 2.31 bits per heavy atom. The fraction of sp³-hybridized carbons (Fsp3) is 0.529. The van der Waals surface area contributed by atoms with Gasteiger partial charge in [-0.3, -0.25) is 9.59 Å². The van der Waals surface area contributed by atoms with Crippen molar-refractivity contribution in [1.29, 1.82) is 0 Å². The van der Waals surface area contributed by atoms with Gasteiger partial charge in [0.05, 0.1) is 19.8 Å². The lowest BCUT2D eigenvalue weighted by Gasteiger charge is -2.32. The molecule has 9 nitrogen and oxygen atoms in total. The molecule has 1 atom stereocenters. The molecule has 1 aliphatic rings. The highest BCUT2D eigenvalue weighted by Crippen LogP contribution is 2.11. The summed E-state index contributed by atoms with van der Waals surface area (Å²) in [5, 5.41) is 3.92. The summed E-state index contributed by atoms with van der Waals surface area (Å²) < 4.78 is 17.2. The molecule has 26 heavy (non-hydrogen) atoms. The monoisotopic (exact) mass is 362 g/mol. The Hall–Kier alpha value is -2.68. The number of methoxy groups -OCH3 is 1. The Balaban J connectivity index is 1.62. The maximum atomic E-state index is 12.6. The molecule has 3 heterocycles. The van der Waals surface area contributed by atoms with Crippen LogP contribution < -0.4 is 10.3 Å². The normalized spacial score (nSPS) is 17.3. The Kier molecular flexibility index (Phi) is 5.67. The molecule has 2 aromatic rings. The van der Waals surface area contributed by atoms with Gasteiger partial charge in [-0.1, -0.05) is 12.1 Å². The first-order valence-electron chi connectivity index (χ1n) is 8.55. The van der Waals surface area contributed by atoms with Crippen molar-refractivity contribution in [3.63, 3.8) is 0 Å². The molecule has 0 aromatic carbocycles. The van der Waals surface area contributed by atoms with Crippen LogP contribution in [0.5, 0.6) is 5.75 Å². The molecule has 1 saturated heterocycles. The number of hydrogen-bond donors (Lipinski definition) is 0. The van der Waals surface area contributed by atoms with E-state index in [9.17, 15) is 9.59 Å². The summed E-state index contributed by atoms with van der Waals surface area (Å²) in [6.45, 7) is 3.25. The van der Waals surface area contributed by atoms with Crippen LogP contribution in [0.3, 0.4) is 0 Å². The zero-order valence-electron chi connectivity index (χ0n) is 14.9. The van der Waals surface area contributed by atoms with Crippen molar-refractivity contribution < 1.29 is 18.8 Å². The summed E-state index contributed by atoms with van der Waals surface area (Å²) in [7, 11) is 1.43. The van der Waals surface area contributed by atoms with E-state index in [-0.39, 0.29) is 29.9 Å². The zero-order chi connectivity index (χ0) is 18.5. The SMILES string of the molecule is CCc1nc(C[C@H]2CN(C(=O)Cn3cccc(OC)c3=O)CCO2)no1. The van der Waals surface area contributed by atoms with Crippen molar-refractivity contribution in [2.24, 2.45) is 0 Å². The minimum atomic E-state index is -0.327. The van der Waals surface area contributed by atoms with Crippen LogP contribution in [0, 0.1) is 0 Å². The van der Waals surface area contributed by atoms with Crippen molar-refractivity contribution in [2.45, 2.75) is 32.4 Å². The van der Waals surface area contributed by atoms with Crippen molar-refractivity contribution >= 4 is 5.91 Å². The van der Waals surface area contributed by atoms with Gasteiger partial charge in [0, 0.05) is 32.1 Å². The van der Waals surface area contributed by atoms with Crippen LogP contribution >= 0.6 is 0 Å². The van der Waals surface area contributed by atoms with Crippen molar-refractivity contribution in [3.05, 3.63) is 40.4 Å². The molecule has 9 heteroatoms. The number of rotatable bonds is 6. The van der Waals surface area contributed by atoms with Crippen LogP contribution in [0.2, 0.25) is 0 Å². The molecule has 0 radical (unpaired) electrons. The van der Waals surface area contributed by atoms with Gasteiger partial charge in [-0.25, -0.2) is 0 Å². The van der Waals surface area contributed by atoms with E-state index < -0.39 is 0 Å². The van der Waals surface area contributed by atoms with E-state index in [4.69, 9.17) is 14.0 Å². The molecule has 0 unspecified atom stereocenters. The fourth-order valence-electron chi connectivity index (χ4n) is 2.83. The van der Waals surface area contributed by atoms with Crippen LogP contribution in [0.25, 0.3) is 0 Å². The lowest BCUT2D eigenvalue weighted by molar-refractivity contribution is -0.139. The molecule has 140 valence electrons. The Morgan fingerprint density at radius 1 is 1.46 bits per heavy atom. The number of pyridine rings is 1. The van der Waals surface area contributed by atoms with Gasteiger partial charge >= 0.3 is 0 Å². The molecule has 1 fully saturated rings. The number of carbonyl (C=O) groups excluding carboxylic acids is 1. The highest BCUT2D eigenvalue weighted by Gasteiger charge is 2.26. The van der Waals surface area contributed by atoms with Gasteiger partial charge in [-0.05, 0) is 12.1 Å². The van der Waals surface area contributed by atoms with Gasteiger partial charge in [0.15, 0.2) is 11.6 Å². The number of aromatic nitrogens is 3. The molecule has 1 aliphatic heterocycles. The number of carbonyl (C=O) groups is 1. The first-order chi connectivity index (χ1) is 12.6. The van der Waals surface area contributed by atoms with Gasteiger partial charge in [0.1, 0.15) is 6.54 Å². The van der Waals surface area contributed by atoms with Crippen LogP contribution in [-0.4, -0.2) is 58.4 Å². The number of morpholine rings is 1. The molecule has 2 aromatic heterocycles. The third kappa shape index (κ3) is 4.10. The van der Waals surface area contributed by atoms with E-state index in [1.807, 2.05) is 6.92 Å². The largest absolute Gasteiger partial charge is 0.491 e. The number of nitrogens with zero attached hydrogens (tertiary/aromatic N) is 4. The first-order valence-corrected chi connectivity index (χ1v) is 8.55. The Morgan fingerprint density at radius 3 is 3.04 bits per heavy atom. The average molecular weight is 362 g/mol. The Bertz CT molecular complexity index is 815. The van der Waals surface area contributed by atoms with E-state index in [1.165, 1.54) is 11.7 Å². The van der Waals surface area contributed by atoms with Crippen LogP contribution in [0.15, 0.2) is 27.6 Å². The van der Waals surface area contributed by atoms with Gasteiger partial charge < -0.3 is 23.5 Å². The molecule has 1 amide bonds. The topological polar surface area (TPSA) is 99.7 Å². The van der Waals surface area contributed by atoms with E-state index in [2.05, 4.69) is 10.1 Å². The summed E-state index contributed by atoms with van der Waals surface area (Å²) in [5.74, 6) is 1.23. The van der Waals surface area contributed by atoms with Crippen molar-refractivity contribution in [2.75, 3.05) is 26.8 Å². The maximum absolute atomic E-state index is 12.6. The van der Waals surface area contributed by atoms with Crippen LogP contribution in [-0.2, 0) is 28.9 Å². The fourth-order valence-corrected chi connectivity index (χ4v) is 2.83. The number of amides is 1. The molecule has 0 saturated carbocycles. The van der Waals surface area contributed by atoms with E-state index >= 15 is 0 Å². The standard InChI is InChI=1S/C17H22N4O5/c1-3-15-18-14(19-26-15)9-12-10-20(7-8-25-12)16(22)11-21-6-4-5-13(24-2)17(21)23/h4-6,12H,3,7-11H2,1-2H3/t12-/m0/s1. The summed E-state index contributed by atoms with van der Waals surface area (Å²) in [6.07, 6.45) is 2.54. The van der Waals surface area contributed by atoms with E-state index in [0.29, 0.717) is 44.3 Å². The molecule has 3 rings (SSSR count). The second-order valence-electron chi connectivity index (χ2n) is 6.00. The molecule has 0 aliphatic carbocycles. The predicted molar refractivity (Wildman–Crippen MR) is 91.0 cm³/mol. The summed E-state index contributed by atoms with van der Waals surface area (Å²) in [4.78, 5) is 30.7. The van der Waals surface area contributed by atoms with Gasteiger partial charge in [0.25, 0.3) is 5.56 Å². The van der Waals surface area contributed by atoms with Crippen molar-refractivity contribution in [1.82, 2.24) is 19.6 Å². The lowest BCUT2D eigenvalue weighted by atomic mass is 10.2. The highest BCUT2D eigenvalue weighted by molar-refractivity contribution is 5.76. The number of aryl methyl sites for hydroxylation is 1. The summed E-state index contributed by atoms with van der Waals surface area (Å²) in [5.41, 5.74) is -0.327. The highest BCUT2D eigenvalue weighted by atomic mass is 16.5. The molecular formula is C17H22N4O5. The van der Waals surface area contributed by atoms with E-state index in [1.54, 1.807) is 23.2 Å². The predicted octanol–water partition coefficient (Wildman–Crippen LogP) is 0.272. The first kappa shape index (κ1) is 18.1. The third-order valence-corrected chi connectivity index (χ3v) is 4.23. The summed E-state index contributed by atoms with van der Waals surface area (Å²) in [6, 6.07) is 3.25.